The molecule has 3 heterocycles. The Kier molecular flexibility index (Phi) is 5.06. The van der Waals surface area contributed by atoms with E-state index in [-0.39, 0.29) is 0 Å². The van der Waals surface area contributed by atoms with Gasteiger partial charge in [-0.05, 0) is 29.3 Å². The number of pyridine rings is 1. The molecule has 0 spiro atoms. The van der Waals surface area contributed by atoms with Crippen LogP contribution in [0.2, 0.25) is 0 Å². The molecule has 3 aromatic rings. The lowest BCUT2D eigenvalue weighted by Gasteiger charge is -2.08. The van der Waals surface area contributed by atoms with Gasteiger partial charge >= 0.3 is 0 Å². The van der Waals surface area contributed by atoms with Crippen molar-refractivity contribution in [3.8, 4) is 10.6 Å². The molecule has 0 saturated carbocycles. The predicted molar refractivity (Wildman–Crippen MR) is 106 cm³/mol. The molecule has 1 aliphatic rings. The van der Waals surface area contributed by atoms with Crippen LogP contribution in [0.1, 0.15) is 11.1 Å². The van der Waals surface area contributed by atoms with E-state index in [1.165, 1.54) is 23.1 Å². The van der Waals surface area contributed by atoms with Crippen molar-refractivity contribution >= 4 is 40.0 Å². The molecular weight excluding hydrogens is 380 g/mol. The zero-order chi connectivity index (χ0) is 19.5. The van der Waals surface area contributed by atoms with Gasteiger partial charge in [0.05, 0.1) is 25.0 Å². The molecule has 0 aliphatic carbocycles. The van der Waals surface area contributed by atoms with Gasteiger partial charge in [0.15, 0.2) is 11.1 Å². The first-order chi connectivity index (χ1) is 13.6. The number of nitrogens with one attached hydrogen (secondary N) is 2. The SMILES string of the molecule is O=C(Nc1cncc(-c2nnc(Nc3ccc4c(c3)C=NC4)s2)c1)C(O)CO. The Morgan fingerprint density at radius 3 is 2.96 bits per heavy atom. The first kappa shape index (κ1) is 18.2. The third kappa shape index (κ3) is 3.88. The number of aromatic nitrogens is 3. The summed E-state index contributed by atoms with van der Waals surface area (Å²) in [5, 5.41) is 33.5. The van der Waals surface area contributed by atoms with Gasteiger partial charge in [0, 0.05) is 23.7 Å². The van der Waals surface area contributed by atoms with E-state index in [4.69, 9.17) is 5.11 Å². The molecule has 1 atom stereocenters. The Bertz CT molecular complexity index is 1050. The molecular formula is C18H16N6O3S. The molecule has 4 N–H and O–H groups in total. The van der Waals surface area contributed by atoms with Crippen LogP contribution < -0.4 is 10.6 Å². The maximum atomic E-state index is 11.7. The fourth-order valence-corrected chi connectivity index (χ4v) is 3.37. The van der Waals surface area contributed by atoms with Crippen molar-refractivity contribution in [2.24, 2.45) is 4.99 Å². The number of aliphatic hydroxyl groups is 2. The minimum Gasteiger partial charge on any atom is -0.393 e. The van der Waals surface area contributed by atoms with Gasteiger partial charge in [0.2, 0.25) is 5.13 Å². The summed E-state index contributed by atoms with van der Waals surface area (Å²) >= 11 is 1.34. The molecule has 9 nitrogen and oxygen atoms in total. The Hall–Kier alpha value is -3.21. The van der Waals surface area contributed by atoms with Crippen LogP contribution in [-0.4, -0.2) is 50.2 Å². The Morgan fingerprint density at radius 1 is 1.21 bits per heavy atom. The second kappa shape index (κ2) is 7.80. The van der Waals surface area contributed by atoms with Crippen molar-refractivity contribution in [3.63, 3.8) is 0 Å². The minimum atomic E-state index is -1.49. The average molecular weight is 396 g/mol. The number of anilines is 3. The van der Waals surface area contributed by atoms with Crippen LogP contribution in [-0.2, 0) is 11.3 Å². The topological polar surface area (TPSA) is 133 Å². The monoisotopic (exact) mass is 396 g/mol. The van der Waals surface area contributed by atoms with Crippen LogP contribution in [0.15, 0.2) is 41.7 Å². The van der Waals surface area contributed by atoms with E-state index in [1.807, 2.05) is 24.4 Å². The number of hydrogen-bond acceptors (Lipinski definition) is 9. The zero-order valence-electron chi connectivity index (χ0n) is 14.5. The lowest BCUT2D eigenvalue weighted by Crippen LogP contribution is -2.30. The van der Waals surface area contributed by atoms with E-state index in [0.29, 0.717) is 27.9 Å². The lowest BCUT2D eigenvalue weighted by molar-refractivity contribution is -0.125. The average Bonchev–Trinajstić information content (AvgIpc) is 3.36. The fraction of sp³-hybridized carbons (Fsp3) is 0.167. The van der Waals surface area contributed by atoms with Gasteiger partial charge in [0.1, 0.15) is 0 Å². The maximum absolute atomic E-state index is 11.7. The Balaban J connectivity index is 1.49. The van der Waals surface area contributed by atoms with Crippen LogP contribution in [0, 0.1) is 0 Å². The van der Waals surface area contributed by atoms with Crippen LogP contribution in [0.25, 0.3) is 10.6 Å². The highest BCUT2D eigenvalue weighted by Crippen LogP contribution is 2.30. The molecule has 2 aromatic heterocycles. The summed E-state index contributed by atoms with van der Waals surface area (Å²) in [5.74, 6) is -0.707. The molecule has 28 heavy (non-hydrogen) atoms. The van der Waals surface area contributed by atoms with E-state index >= 15 is 0 Å². The van der Waals surface area contributed by atoms with Gasteiger partial charge in [-0.25, -0.2) is 0 Å². The zero-order valence-corrected chi connectivity index (χ0v) is 15.3. The molecule has 1 unspecified atom stereocenters. The van der Waals surface area contributed by atoms with E-state index < -0.39 is 18.6 Å². The molecule has 10 heteroatoms. The Morgan fingerprint density at radius 2 is 2.11 bits per heavy atom. The summed E-state index contributed by atoms with van der Waals surface area (Å²) in [6, 6.07) is 7.69. The summed E-state index contributed by atoms with van der Waals surface area (Å²) in [6.45, 7) is 0.0622. The van der Waals surface area contributed by atoms with E-state index in [1.54, 1.807) is 12.3 Å². The number of rotatable bonds is 6. The predicted octanol–water partition coefficient (Wildman–Crippen LogP) is 1.57. The molecule has 1 aliphatic heterocycles. The van der Waals surface area contributed by atoms with Gasteiger partial charge in [-0.2, -0.15) is 0 Å². The first-order valence-electron chi connectivity index (χ1n) is 8.41. The molecule has 1 amide bonds. The molecule has 0 bridgehead atoms. The van der Waals surface area contributed by atoms with Crippen LogP contribution in [0.3, 0.4) is 0 Å². The van der Waals surface area contributed by atoms with Crippen molar-refractivity contribution in [1.29, 1.82) is 0 Å². The summed E-state index contributed by atoms with van der Waals surface area (Å²) in [7, 11) is 0. The van der Waals surface area contributed by atoms with Crippen molar-refractivity contribution in [2.45, 2.75) is 12.6 Å². The first-order valence-corrected chi connectivity index (χ1v) is 9.22. The number of benzene rings is 1. The van der Waals surface area contributed by atoms with Gasteiger partial charge < -0.3 is 20.8 Å². The molecule has 0 radical (unpaired) electrons. The van der Waals surface area contributed by atoms with Crippen molar-refractivity contribution in [2.75, 3.05) is 17.2 Å². The molecule has 4 rings (SSSR count). The van der Waals surface area contributed by atoms with Crippen molar-refractivity contribution in [1.82, 2.24) is 15.2 Å². The number of hydrogen-bond donors (Lipinski definition) is 4. The number of carbonyl (C=O) groups excluding carboxylic acids is 1. The van der Waals surface area contributed by atoms with Crippen molar-refractivity contribution in [3.05, 3.63) is 47.8 Å². The second-order valence-corrected chi connectivity index (χ2v) is 7.05. The number of aliphatic imine (C=N–C) groups is 1. The maximum Gasteiger partial charge on any atom is 0.255 e. The van der Waals surface area contributed by atoms with E-state index in [0.717, 1.165) is 11.3 Å². The summed E-state index contributed by atoms with van der Waals surface area (Å²) < 4.78 is 0. The molecule has 1 aromatic carbocycles. The summed E-state index contributed by atoms with van der Waals surface area (Å²) in [4.78, 5) is 20.0. The lowest BCUT2D eigenvalue weighted by atomic mass is 10.1. The van der Waals surface area contributed by atoms with E-state index in [9.17, 15) is 9.90 Å². The van der Waals surface area contributed by atoms with Crippen LogP contribution in [0.4, 0.5) is 16.5 Å². The highest BCUT2D eigenvalue weighted by Gasteiger charge is 2.15. The summed E-state index contributed by atoms with van der Waals surface area (Å²) in [6.07, 6.45) is 3.41. The minimum absolute atomic E-state index is 0.387. The third-order valence-electron chi connectivity index (χ3n) is 4.04. The van der Waals surface area contributed by atoms with Crippen LogP contribution in [0.5, 0.6) is 0 Å². The van der Waals surface area contributed by atoms with E-state index in [2.05, 4.69) is 30.8 Å². The number of amides is 1. The quantitative estimate of drug-likeness (QED) is 0.497. The number of aliphatic hydroxyl groups excluding tert-OH is 2. The van der Waals surface area contributed by atoms with Gasteiger partial charge in [-0.15, -0.1) is 10.2 Å². The van der Waals surface area contributed by atoms with Crippen molar-refractivity contribution < 1.29 is 15.0 Å². The largest absolute Gasteiger partial charge is 0.393 e. The van der Waals surface area contributed by atoms with Crippen LogP contribution >= 0.6 is 11.3 Å². The van der Waals surface area contributed by atoms with Gasteiger partial charge in [-0.3, -0.25) is 14.8 Å². The third-order valence-corrected chi connectivity index (χ3v) is 4.93. The number of nitrogens with zero attached hydrogens (tertiary/aromatic N) is 4. The Labute approximate surface area is 163 Å². The highest BCUT2D eigenvalue weighted by molar-refractivity contribution is 7.18. The fourth-order valence-electron chi connectivity index (χ4n) is 2.63. The second-order valence-electron chi connectivity index (χ2n) is 6.07. The summed E-state index contributed by atoms with van der Waals surface area (Å²) in [5.41, 5.74) is 4.24. The molecule has 0 saturated heterocycles. The number of carbonyl (C=O) groups is 1. The smallest absolute Gasteiger partial charge is 0.255 e. The highest BCUT2D eigenvalue weighted by atomic mass is 32.1. The normalized spacial score (nSPS) is 13.2. The van der Waals surface area contributed by atoms with Gasteiger partial charge in [-0.1, -0.05) is 17.4 Å². The standard InChI is InChI=1S/C18H16N6O3S/c25-9-15(26)16(27)21-14-4-12(7-20-8-14)17-23-24-18(28-17)22-13-2-1-10-5-19-6-11(10)3-13/h1-4,6-8,15,25-26H,5,9H2,(H,21,27)(H,22,24). The molecule has 0 fully saturated rings. The van der Waals surface area contributed by atoms with Gasteiger partial charge in [0.25, 0.3) is 5.91 Å². The molecule has 142 valence electrons. The number of fused-ring (bicyclic) bond motifs is 1.